The second-order valence-corrected chi connectivity index (χ2v) is 5.04. The van der Waals surface area contributed by atoms with Crippen molar-refractivity contribution in [3.05, 3.63) is 45.8 Å². The Kier molecular flexibility index (Phi) is 3.94. The van der Waals surface area contributed by atoms with Gasteiger partial charge in [0, 0.05) is 22.7 Å². The molecule has 0 aromatic carbocycles. The molecule has 94 valence electrons. The average Bonchev–Trinajstić information content (AvgIpc) is 2.80. The van der Waals surface area contributed by atoms with Gasteiger partial charge in [-0.1, -0.05) is 6.07 Å². The molecule has 0 fully saturated rings. The van der Waals surface area contributed by atoms with Gasteiger partial charge >= 0.3 is 0 Å². The van der Waals surface area contributed by atoms with Crippen LogP contribution >= 0.6 is 11.3 Å². The van der Waals surface area contributed by atoms with Crippen molar-refractivity contribution in [2.75, 3.05) is 12.3 Å². The second kappa shape index (κ2) is 5.64. The number of hydrogen-bond acceptors (Lipinski definition) is 4. The Labute approximate surface area is 110 Å². The summed E-state index contributed by atoms with van der Waals surface area (Å²) in [6.07, 6.45) is 0.850. The highest BCUT2D eigenvalue weighted by Crippen LogP contribution is 2.09. The van der Waals surface area contributed by atoms with Crippen LogP contribution in [0.1, 0.15) is 20.9 Å². The summed E-state index contributed by atoms with van der Waals surface area (Å²) in [6.45, 7) is 2.44. The molecule has 0 bridgehead atoms. The predicted molar refractivity (Wildman–Crippen MR) is 73.7 cm³/mol. The Morgan fingerprint density at radius 1 is 1.50 bits per heavy atom. The number of nitrogens with zero attached hydrogens (tertiary/aromatic N) is 1. The van der Waals surface area contributed by atoms with Crippen molar-refractivity contribution in [2.45, 2.75) is 13.3 Å². The van der Waals surface area contributed by atoms with E-state index in [0.29, 0.717) is 17.9 Å². The predicted octanol–water partition coefficient (Wildman–Crippen LogP) is 2.01. The first-order valence-corrected chi connectivity index (χ1v) is 6.58. The molecular weight excluding hydrogens is 246 g/mol. The fourth-order valence-electron chi connectivity index (χ4n) is 1.68. The van der Waals surface area contributed by atoms with Crippen LogP contribution in [0.25, 0.3) is 0 Å². The largest absolute Gasteiger partial charge is 0.384 e. The third-order valence-electron chi connectivity index (χ3n) is 2.47. The van der Waals surface area contributed by atoms with Crippen LogP contribution in [0.2, 0.25) is 0 Å². The molecule has 0 aliphatic rings. The highest BCUT2D eigenvalue weighted by Gasteiger charge is 2.07. The Hall–Kier alpha value is -1.88. The highest BCUT2D eigenvalue weighted by molar-refractivity contribution is 7.09. The van der Waals surface area contributed by atoms with Crippen molar-refractivity contribution in [3.63, 3.8) is 0 Å². The van der Waals surface area contributed by atoms with Crippen molar-refractivity contribution in [1.29, 1.82) is 0 Å². The van der Waals surface area contributed by atoms with Crippen LogP contribution in [-0.4, -0.2) is 17.4 Å². The minimum atomic E-state index is -0.108. The van der Waals surface area contributed by atoms with Crippen molar-refractivity contribution in [3.8, 4) is 0 Å². The van der Waals surface area contributed by atoms with Crippen LogP contribution in [0.4, 0.5) is 5.82 Å². The zero-order chi connectivity index (χ0) is 13.0. The van der Waals surface area contributed by atoms with Crippen LogP contribution in [0.15, 0.2) is 29.6 Å². The molecule has 0 aliphatic carbocycles. The molecule has 5 heteroatoms. The summed E-state index contributed by atoms with van der Waals surface area (Å²) in [7, 11) is 0. The molecule has 0 saturated carbocycles. The molecule has 2 heterocycles. The molecule has 0 spiro atoms. The van der Waals surface area contributed by atoms with Crippen LogP contribution < -0.4 is 11.1 Å². The van der Waals surface area contributed by atoms with Crippen LogP contribution in [0.3, 0.4) is 0 Å². The zero-order valence-corrected chi connectivity index (χ0v) is 11.0. The number of carbonyl (C=O) groups excluding carboxylic acids is 1. The third kappa shape index (κ3) is 3.30. The van der Waals surface area contributed by atoms with Crippen molar-refractivity contribution < 1.29 is 4.79 Å². The van der Waals surface area contributed by atoms with Gasteiger partial charge in [0.05, 0.1) is 0 Å². The molecular formula is C13H15N3OS. The summed E-state index contributed by atoms with van der Waals surface area (Å²) in [5.74, 6) is 0.266. The molecule has 0 atom stereocenters. The summed E-state index contributed by atoms with van der Waals surface area (Å²) in [5.41, 5.74) is 6.92. The SMILES string of the molecule is Cc1cc(C(=O)NCCc2cccs2)cc(N)n1. The number of nitrogens with two attached hydrogens (primary N) is 1. The van der Waals surface area contributed by atoms with E-state index in [4.69, 9.17) is 5.73 Å². The standard InChI is InChI=1S/C13H15N3OS/c1-9-7-10(8-12(14)16-9)13(17)15-5-4-11-3-2-6-18-11/h2-3,6-8H,4-5H2,1H3,(H2,14,16)(H,15,17). The number of anilines is 1. The first-order chi connectivity index (χ1) is 8.65. The van der Waals surface area contributed by atoms with E-state index >= 15 is 0 Å². The normalized spacial score (nSPS) is 10.3. The third-order valence-corrected chi connectivity index (χ3v) is 3.41. The maximum Gasteiger partial charge on any atom is 0.251 e. The molecule has 2 aromatic rings. The molecule has 0 unspecified atom stereocenters. The number of pyridine rings is 1. The number of rotatable bonds is 4. The molecule has 2 aromatic heterocycles. The fraction of sp³-hybridized carbons (Fsp3) is 0.231. The van der Waals surface area contributed by atoms with E-state index in [1.807, 2.05) is 18.4 Å². The molecule has 0 saturated heterocycles. The van der Waals surface area contributed by atoms with E-state index in [2.05, 4.69) is 16.4 Å². The number of hydrogen-bond donors (Lipinski definition) is 2. The zero-order valence-electron chi connectivity index (χ0n) is 10.1. The lowest BCUT2D eigenvalue weighted by Gasteiger charge is -2.05. The smallest absolute Gasteiger partial charge is 0.251 e. The molecule has 2 rings (SSSR count). The van der Waals surface area contributed by atoms with Gasteiger partial charge in [-0.2, -0.15) is 0 Å². The lowest BCUT2D eigenvalue weighted by Crippen LogP contribution is -2.25. The number of aryl methyl sites for hydroxylation is 1. The number of thiophene rings is 1. The Morgan fingerprint density at radius 2 is 2.33 bits per heavy atom. The monoisotopic (exact) mass is 261 g/mol. The van der Waals surface area contributed by atoms with Crippen molar-refractivity contribution in [2.24, 2.45) is 0 Å². The summed E-state index contributed by atoms with van der Waals surface area (Å²) < 4.78 is 0. The first-order valence-electron chi connectivity index (χ1n) is 5.70. The second-order valence-electron chi connectivity index (χ2n) is 4.01. The number of nitrogen functional groups attached to an aromatic ring is 1. The summed E-state index contributed by atoms with van der Waals surface area (Å²) in [5, 5.41) is 4.91. The fourth-order valence-corrected chi connectivity index (χ4v) is 2.39. The average molecular weight is 261 g/mol. The highest BCUT2D eigenvalue weighted by atomic mass is 32.1. The minimum absolute atomic E-state index is 0.108. The number of carbonyl (C=O) groups is 1. The summed E-state index contributed by atoms with van der Waals surface area (Å²) in [4.78, 5) is 17.2. The van der Waals surface area contributed by atoms with Crippen LogP contribution in [0.5, 0.6) is 0 Å². The van der Waals surface area contributed by atoms with E-state index in [0.717, 1.165) is 12.1 Å². The van der Waals surface area contributed by atoms with Gasteiger partial charge in [0.1, 0.15) is 5.82 Å². The molecule has 18 heavy (non-hydrogen) atoms. The summed E-state index contributed by atoms with van der Waals surface area (Å²) in [6, 6.07) is 7.39. The van der Waals surface area contributed by atoms with Gasteiger partial charge in [0.25, 0.3) is 5.91 Å². The lowest BCUT2D eigenvalue weighted by atomic mass is 10.2. The van der Waals surface area contributed by atoms with Gasteiger partial charge in [0.2, 0.25) is 0 Å². The van der Waals surface area contributed by atoms with Crippen molar-refractivity contribution >= 4 is 23.1 Å². The van der Waals surface area contributed by atoms with E-state index < -0.39 is 0 Å². The van der Waals surface area contributed by atoms with Crippen LogP contribution in [0, 0.1) is 6.92 Å². The van der Waals surface area contributed by atoms with Gasteiger partial charge in [-0.25, -0.2) is 4.98 Å². The summed E-state index contributed by atoms with van der Waals surface area (Å²) >= 11 is 1.69. The lowest BCUT2D eigenvalue weighted by molar-refractivity contribution is 0.0954. The molecule has 4 nitrogen and oxygen atoms in total. The van der Waals surface area contributed by atoms with E-state index in [-0.39, 0.29) is 5.91 Å². The van der Waals surface area contributed by atoms with Gasteiger partial charge in [0.15, 0.2) is 0 Å². The van der Waals surface area contributed by atoms with Gasteiger partial charge < -0.3 is 11.1 Å². The molecule has 0 aliphatic heterocycles. The minimum Gasteiger partial charge on any atom is -0.384 e. The van der Waals surface area contributed by atoms with E-state index in [1.165, 1.54) is 4.88 Å². The first kappa shape index (κ1) is 12.6. The van der Waals surface area contributed by atoms with E-state index in [9.17, 15) is 4.79 Å². The quantitative estimate of drug-likeness (QED) is 0.884. The molecule has 3 N–H and O–H groups in total. The Morgan fingerprint density at radius 3 is 3.00 bits per heavy atom. The van der Waals surface area contributed by atoms with Gasteiger partial charge in [-0.15, -0.1) is 11.3 Å². The maximum absolute atomic E-state index is 11.9. The number of amides is 1. The maximum atomic E-state index is 11.9. The van der Waals surface area contributed by atoms with Gasteiger partial charge in [-0.05, 0) is 36.9 Å². The molecule has 1 amide bonds. The molecule has 0 radical (unpaired) electrons. The van der Waals surface area contributed by atoms with Gasteiger partial charge in [-0.3, -0.25) is 4.79 Å². The van der Waals surface area contributed by atoms with Crippen LogP contribution in [-0.2, 0) is 6.42 Å². The Balaban J connectivity index is 1.91. The topological polar surface area (TPSA) is 68.0 Å². The van der Waals surface area contributed by atoms with Crippen molar-refractivity contribution in [1.82, 2.24) is 10.3 Å². The Bertz CT molecular complexity index is 517. The number of nitrogens with one attached hydrogen (secondary N) is 1. The van der Waals surface area contributed by atoms with E-state index in [1.54, 1.807) is 23.5 Å². The number of aromatic nitrogens is 1.